The van der Waals surface area contributed by atoms with Gasteiger partial charge < -0.3 is 14.8 Å². The minimum Gasteiger partial charge on any atom is -0.435 e. The highest BCUT2D eigenvalue weighted by Gasteiger charge is 2.22. The highest BCUT2D eigenvalue weighted by Crippen LogP contribution is 2.24. The highest BCUT2D eigenvalue weighted by atomic mass is 19.3. The zero-order chi connectivity index (χ0) is 17.8. The Kier molecular flexibility index (Phi) is 5.21. The fourth-order valence-electron chi connectivity index (χ4n) is 3.07. The third-order valence-electron chi connectivity index (χ3n) is 4.44. The molecule has 0 bridgehead atoms. The molecule has 0 radical (unpaired) electrons. The summed E-state index contributed by atoms with van der Waals surface area (Å²) in [6, 6.07) is 6.14. The number of halogens is 2. The second kappa shape index (κ2) is 7.55. The van der Waals surface area contributed by atoms with Gasteiger partial charge in [0.1, 0.15) is 12.0 Å². The van der Waals surface area contributed by atoms with Crippen molar-refractivity contribution in [1.82, 2.24) is 10.3 Å². The Labute approximate surface area is 143 Å². The molecule has 2 aromatic rings. The molecule has 25 heavy (non-hydrogen) atoms. The van der Waals surface area contributed by atoms with Gasteiger partial charge in [-0.25, -0.2) is 0 Å². The van der Waals surface area contributed by atoms with E-state index in [0.29, 0.717) is 16.5 Å². The zero-order valence-electron chi connectivity index (χ0n) is 13.5. The van der Waals surface area contributed by atoms with Gasteiger partial charge in [-0.05, 0) is 43.9 Å². The third-order valence-corrected chi connectivity index (χ3v) is 4.44. The van der Waals surface area contributed by atoms with E-state index in [-0.39, 0.29) is 23.6 Å². The summed E-state index contributed by atoms with van der Waals surface area (Å²) in [7, 11) is 0. The molecule has 132 valence electrons. The van der Waals surface area contributed by atoms with E-state index in [9.17, 15) is 18.4 Å². The summed E-state index contributed by atoms with van der Waals surface area (Å²) in [5.41, 5.74) is 0.883. The molecule has 1 saturated carbocycles. The van der Waals surface area contributed by atoms with Gasteiger partial charge in [0.15, 0.2) is 0 Å². The molecule has 1 heterocycles. The van der Waals surface area contributed by atoms with Crippen molar-refractivity contribution in [1.29, 1.82) is 0 Å². The molecular formula is C18H18F2N2O3. The first-order chi connectivity index (χ1) is 12.0. The van der Waals surface area contributed by atoms with E-state index < -0.39 is 6.61 Å². The first-order valence-corrected chi connectivity index (χ1v) is 8.16. The Morgan fingerprint density at radius 3 is 2.68 bits per heavy atom. The number of amides is 1. The highest BCUT2D eigenvalue weighted by molar-refractivity contribution is 5.97. The van der Waals surface area contributed by atoms with Crippen molar-refractivity contribution in [2.45, 2.75) is 38.3 Å². The standard InChI is InChI=1S/C18H18F2N2O3/c19-18(20)25-15-6-3-12-7-13(9-21-16(12)8-15)17(24)22-14-4-1-11(10-23)2-5-14/h3,6-11,14,18H,1-2,4-5H2,(H,22,24). The number of benzene rings is 1. The first kappa shape index (κ1) is 17.3. The Hall–Kier alpha value is -2.57. The van der Waals surface area contributed by atoms with E-state index >= 15 is 0 Å². The number of nitrogens with one attached hydrogen (secondary N) is 1. The number of alkyl halides is 2. The lowest BCUT2D eigenvalue weighted by molar-refractivity contribution is -0.111. The van der Waals surface area contributed by atoms with Crippen molar-refractivity contribution in [2.24, 2.45) is 5.92 Å². The molecular weight excluding hydrogens is 330 g/mol. The first-order valence-electron chi connectivity index (χ1n) is 8.16. The predicted molar refractivity (Wildman–Crippen MR) is 87.7 cm³/mol. The number of nitrogens with zero attached hydrogens (tertiary/aromatic N) is 1. The fourth-order valence-corrected chi connectivity index (χ4v) is 3.07. The molecule has 1 aromatic heterocycles. The number of hydrogen-bond donors (Lipinski definition) is 1. The molecule has 1 aromatic carbocycles. The Morgan fingerprint density at radius 2 is 2.00 bits per heavy atom. The minimum absolute atomic E-state index is 0.0270. The normalized spacial score (nSPS) is 20.4. The molecule has 0 unspecified atom stereocenters. The number of rotatable bonds is 5. The number of hydrogen-bond acceptors (Lipinski definition) is 4. The molecule has 5 nitrogen and oxygen atoms in total. The van der Waals surface area contributed by atoms with Crippen LogP contribution in [0, 0.1) is 5.92 Å². The van der Waals surface area contributed by atoms with Crippen molar-refractivity contribution in [3.63, 3.8) is 0 Å². The molecule has 0 aliphatic heterocycles. The number of fused-ring (bicyclic) bond motifs is 1. The van der Waals surface area contributed by atoms with Crippen LogP contribution in [0.3, 0.4) is 0 Å². The number of carbonyl (C=O) groups is 2. The van der Waals surface area contributed by atoms with Gasteiger partial charge >= 0.3 is 6.61 Å². The Bertz CT molecular complexity index is 774. The maximum atomic E-state index is 12.4. The second-order valence-electron chi connectivity index (χ2n) is 6.18. The summed E-state index contributed by atoms with van der Waals surface area (Å²) in [6.45, 7) is -2.89. The van der Waals surface area contributed by atoms with Gasteiger partial charge in [-0.15, -0.1) is 0 Å². The fraction of sp³-hybridized carbons (Fsp3) is 0.389. The van der Waals surface area contributed by atoms with Crippen LogP contribution in [0.15, 0.2) is 30.5 Å². The lowest BCUT2D eigenvalue weighted by Gasteiger charge is -2.26. The number of carbonyl (C=O) groups excluding carboxylic acids is 2. The zero-order valence-corrected chi connectivity index (χ0v) is 13.5. The van der Waals surface area contributed by atoms with Crippen LogP contribution in [0.25, 0.3) is 10.9 Å². The van der Waals surface area contributed by atoms with Gasteiger partial charge in [0.25, 0.3) is 5.91 Å². The number of pyridine rings is 1. The van der Waals surface area contributed by atoms with Crippen LogP contribution in [0.4, 0.5) is 8.78 Å². The van der Waals surface area contributed by atoms with Crippen molar-refractivity contribution in [3.05, 3.63) is 36.0 Å². The number of ether oxygens (including phenoxy) is 1. The van der Waals surface area contributed by atoms with Crippen LogP contribution in [0.1, 0.15) is 36.0 Å². The molecule has 1 aliphatic carbocycles. The monoisotopic (exact) mass is 348 g/mol. The van der Waals surface area contributed by atoms with Crippen LogP contribution in [0.2, 0.25) is 0 Å². The predicted octanol–water partition coefficient (Wildman–Crippen LogP) is 3.32. The van der Waals surface area contributed by atoms with Gasteiger partial charge in [-0.1, -0.05) is 0 Å². The average Bonchev–Trinajstić information content (AvgIpc) is 2.61. The smallest absolute Gasteiger partial charge is 0.387 e. The van der Waals surface area contributed by atoms with Crippen LogP contribution in [0.5, 0.6) is 5.75 Å². The molecule has 1 N–H and O–H groups in total. The molecule has 7 heteroatoms. The summed E-state index contributed by atoms with van der Waals surface area (Å²) in [5.74, 6) is -0.101. The SMILES string of the molecule is O=CC1CCC(NC(=O)c2cnc3cc(OC(F)F)ccc3c2)CC1. The van der Waals surface area contributed by atoms with Crippen molar-refractivity contribution >= 4 is 23.1 Å². The van der Waals surface area contributed by atoms with Crippen molar-refractivity contribution in [2.75, 3.05) is 0 Å². The number of aldehydes is 1. The molecule has 0 spiro atoms. The molecule has 3 rings (SSSR count). The topological polar surface area (TPSA) is 68.3 Å². The lowest BCUT2D eigenvalue weighted by atomic mass is 9.87. The maximum Gasteiger partial charge on any atom is 0.387 e. The van der Waals surface area contributed by atoms with E-state index in [4.69, 9.17) is 0 Å². The summed E-state index contributed by atoms with van der Waals surface area (Å²) in [5, 5.41) is 3.63. The van der Waals surface area contributed by atoms with Crippen LogP contribution in [-0.4, -0.2) is 29.8 Å². The molecule has 1 aliphatic rings. The molecule has 0 atom stereocenters. The lowest BCUT2D eigenvalue weighted by Crippen LogP contribution is -2.37. The van der Waals surface area contributed by atoms with Crippen molar-refractivity contribution in [3.8, 4) is 5.75 Å². The van der Waals surface area contributed by atoms with Gasteiger partial charge in [-0.2, -0.15) is 8.78 Å². The Balaban J connectivity index is 1.68. The Morgan fingerprint density at radius 1 is 1.24 bits per heavy atom. The summed E-state index contributed by atoms with van der Waals surface area (Å²) in [6.07, 6.45) is 5.54. The van der Waals surface area contributed by atoms with E-state index in [1.807, 2.05) is 0 Å². The largest absolute Gasteiger partial charge is 0.435 e. The second-order valence-corrected chi connectivity index (χ2v) is 6.18. The third kappa shape index (κ3) is 4.29. The summed E-state index contributed by atoms with van der Waals surface area (Å²) >= 11 is 0. The van der Waals surface area contributed by atoms with Gasteiger partial charge in [-0.3, -0.25) is 9.78 Å². The van der Waals surface area contributed by atoms with Crippen LogP contribution >= 0.6 is 0 Å². The summed E-state index contributed by atoms with van der Waals surface area (Å²) in [4.78, 5) is 27.3. The van der Waals surface area contributed by atoms with Gasteiger partial charge in [0, 0.05) is 29.6 Å². The van der Waals surface area contributed by atoms with E-state index in [2.05, 4.69) is 15.0 Å². The maximum absolute atomic E-state index is 12.4. The quantitative estimate of drug-likeness (QED) is 0.842. The molecule has 0 saturated heterocycles. The average molecular weight is 348 g/mol. The van der Waals surface area contributed by atoms with Crippen molar-refractivity contribution < 1.29 is 23.1 Å². The minimum atomic E-state index is -2.89. The van der Waals surface area contributed by atoms with Crippen LogP contribution < -0.4 is 10.1 Å². The molecule has 1 amide bonds. The number of aromatic nitrogens is 1. The summed E-state index contributed by atoms with van der Waals surface area (Å²) < 4.78 is 28.8. The van der Waals surface area contributed by atoms with Crippen LogP contribution in [-0.2, 0) is 4.79 Å². The van der Waals surface area contributed by atoms with Gasteiger partial charge in [0.2, 0.25) is 0 Å². The van der Waals surface area contributed by atoms with Gasteiger partial charge in [0.05, 0.1) is 11.1 Å². The van der Waals surface area contributed by atoms with E-state index in [1.54, 1.807) is 12.1 Å². The van der Waals surface area contributed by atoms with E-state index in [1.165, 1.54) is 18.3 Å². The van der Waals surface area contributed by atoms with E-state index in [0.717, 1.165) is 32.0 Å². The molecule has 1 fully saturated rings.